The van der Waals surface area contributed by atoms with Gasteiger partial charge in [-0.25, -0.2) is 9.59 Å². The topological polar surface area (TPSA) is 105 Å². The van der Waals surface area contributed by atoms with Crippen LogP contribution in [0.25, 0.3) is 0 Å². The molecule has 0 fully saturated rings. The normalized spacial score (nSPS) is 20.5. The van der Waals surface area contributed by atoms with Crippen LogP contribution in [0.2, 0.25) is 0 Å². The van der Waals surface area contributed by atoms with E-state index >= 15 is 0 Å². The van der Waals surface area contributed by atoms with E-state index < -0.39 is 17.7 Å². The van der Waals surface area contributed by atoms with E-state index in [0.29, 0.717) is 6.42 Å². The van der Waals surface area contributed by atoms with Crippen LogP contribution in [0.4, 0.5) is 0 Å². The second kappa shape index (κ2) is 11.4. The molecule has 0 aromatic heterocycles. The number of hydrogen-bond acceptors (Lipinski definition) is 8. The number of allylic oxidation sites excluding steroid dienone is 4. The molecule has 0 aliphatic carbocycles. The average Bonchev–Trinajstić information content (AvgIpc) is 3.05. The minimum absolute atomic E-state index is 0.0552. The number of rotatable bonds is 11. The number of ketones is 2. The third kappa shape index (κ3) is 7.03. The first-order chi connectivity index (χ1) is 14.5. The Morgan fingerprint density at radius 3 is 2.23 bits per heavy atom. The molecule has 0 amide bonds. The second-order valence-corrected chi connectivity index (χ2v) is 7.35. The quantitative estimate of drug-likeness (QED) is 0.278. The van der Waals surface area contributed by atoms with Gasteiger partial charge < -0.3 is 18.9 Å². The van der Waals surface area contributed by atoms with Crippen LogP contribution in [-0.4, -0.2) is 50.6 Å². The Balaban J connectivity index is 3.30. The van der Waals surface area contributed by atoms with E-state index in [1.165, 1.54) is 47.3 Å². The first-order valence-corrected chi connectivity index (χ1v) is 9.68. The van der Waals surface area contributed by atoms with Gasteiger partial charge >= 0.3 is 11.9 Å². The lowest BCUT2D eigenvalue weighted by atomic mass is 9.86. The Bertz CT molecular complexity index is 846. The molecule has 2 unspecified atom stereocenters. The molecule has 0 radical (unpaired) electrons. The fraction of sp³-hybridized carbons (Fsp3) is 0.478. The van der Waals surface area contributed by atoms with E-state index in [2.05, 4.69) is 6.58 Å². The van der Waals surface area contributed by atoms with Gasteiger partial charge in [-0.05, 0) is 39.2 Å². The van der Waals surface area contributed by atoms with Crippen molar-refractivity contribution in [1.82, 2.24) is 0 Å². The molecule has 8 nitrogen and oxygen atoms in total. The first kappa shape index (κ1) is 26.0. The largest absolute Gasteiger partial charge is 0.466 e. The maximum absolute atomic E-state index is 12.4. The summed E-state index contributed by atoms with van der Waals surface area (Å²) in [6.07, 6.45) is 4.71. The molecule has 170 valence electrons. The number of methoxy groups -OCH3 is 3. The molecule has 31 heavy (non-hydrogen) atoms. The highest BCUT2D eigenvalue weighted by atomic mass is 16.7. The smallest absolute Gasteiger partial charge is 0.340 e. The Morgan fingerprint density at radius 1 is 1.13 bits per heavy atom. The van der Waals surface area contributed by atoms with Gasteiger partial charge in [0.05, 0.1) is 14.2 Å². The Morgan fingerprint density at radius 2 is 1.77 bits per heavy atom. The second-order valence-electron chi connectivity index (χ2n) is 7.35. The van der Waals surface area contributed by atoms with Gasteiger partial charge in [-0.1, -0.05) is 18.2 Å². The molecule has 1 rings (SSSR count). The summed E-state index contributed by atoms with van der Waals surface area (Å²) in [6.45, 7) is 8.54. The monoisotopic (exact) mass is 434 g/mol. The van der Waals surface area contributed by atoms with Crippen molar-refractivity contribution in [2.24, 2.45) is 5.92 Å². The molecule has 1 heterocycles. The minimum atomic E-state index is -1.50. The zero-order valence-corrected chi connectivity index (χ0v) is 18.9. The summed E-state index contributed by atoms with van der Waals surface area (Å²) in [7, 11) is 3.86. The maximum atomic E-state index is 12.4. The lowest BCUT2D eigenvalue weighted by Gasteiger charge is -2.33. The molecule has 1 aliphatic rings. The molecule has 0 aromatic rings. The summed E-state index contributed by atoms with van der Waals surface area (Å²) >= 11 is 0. The van der Waals surface area contributed by atoms with Crippen molar-refractivity contribution in [2.75, 3.05) is 21.3 Å². The van der Waals surface area contributed by atoms with Crippen LogP contribution >= 0.6 is 0 Å². The lowest BCUT2D eigenvalue weighted by Crippen LogP contribution is -2.39. The highest BCUT2D eigenvalue weighted by Gasteiger charge is 2.47. The molecule has 0 saturated heterocycles. The average molecular weight is 434 g/mol. The fourth-order valence-electron chi connectivity index (χ4n) is 3.20. The summed E-state index contributed by atoms with van der Waals surface area (Å²) in [5.41, 5.74) is 1.09. The molecule has 0 aromatic carbocycles. The van der Waals surface area contributed by atoms with Gasteiger partial charge in [0.2, 0.25) is 5.79 Å². The first-order valence-electron chi connectivity index (χ1n) is 9.68. The third-order valence-corrected chi connectivity index (χ3v) is 4.81. The van der Waals surface area contributed by atoms with Gasteiger partial charge in [-0.15, -0.1) is 0 Å². The van der Waals surface area contributed by atoms with Crippen LogP contribution in [0, 0.1) is 5.92 Å². The van der Waals surface area contributed by atoms with Gasteiger partial charge in [0.15, 0.2) is 5.78 Å². The molecular weight excluding hydrogens is 404 g/mol. The van der Waals surface area contributed by atoms with Crippen molar-refractivity contribution in [2.45, 2.75) is 45.8 Å². The van der Waals surface area contributed by atoms with E-state index in [9.17, 15) is 19.2 Å². The molecule has 0 saturated carbocycles. The minimum Gasteiger partial charge on any atom is -0.466 e. The van der Waals surface area contributed by atoms with Gasteiger partial charge in [-0.3, -0.25) is 9.59 Å². The number of carbonyl (C=O) groups excluding carboxylic acids is 4. The van der Waals surface area contributed by atoms with Crippen molar-refractivity contribution in [3.63, 3.8) is 0 Å². The molecule has 0 spiro atoms. The van der Waals surface area contributed by atoms with Crippen LogP contribution in [-0.2, 0) is 38.1 Å². The van der Waals surface area contributed by atoms with Crippen molar-refractivity contribution in [3.8, 4) is 0 Å². The summed E-state index contributed by atoms with van der Waals surface area (Å²) in [4.78, 5) is 47.4. The van der Waals surface area contributed by atoms with Crippen LogP contribution in [0.5, 0.6) is 0 Å². The van der Waals surface area contributed by atoms with E-state index in [1.807, 2.05) is 0 Å². The third-order valence-electron chi connectivity index (χ3n) is 4.81. The summed E-state index contributed by atoms with van der Waals surface area (Å²) in [5, 5.41) is 0. The molecule has 2 atom stereocenters. The van der Waals surface area contributed by atoms with Crippen molar-refractivity contribution >= 4 is 23.5 Å². The molecular formula is C23H30O8. The highest BCUT2D eigenvalue weighted by Crippen LogP contribution is 2.41. The summed E-state index contributed by atoms with van der Waals surface area (Å²) in [6, 6.07) is 0. The zero-order valence-electron chi connectivity index (χ0n) is 18.9. The molecule has 0 N–H and O–H groups in total. The summed E-state index contributed by atoms with van der Waals surface area (Å²) in [5.74, 6) is -3.29. The van der Waals surface area contributed by atoms with E-state index in [4.69, 9.17) is 18.9 Å². The number of ether oxygens (including phenoxy) is 4. The van der Waals surface area contributed by atoms with Crippen LogP contribution < -0.4 is 0 Å². The predicted octanol–water partition coefficient (Wildman–Crippen LogP) is 2.98. The Hall–Kier alpha value is -3.00. The SMILES string of the molecule is C=C(C)C(CC=C(CC(C)=O)C(=O)OC)CC1(OC)OC(=CC(C)=O)C=C1C(=O)OC. The highest BCUT2D eigenvalue weighted by molar-refractivity contribution is 5.95. The Labute approximate surface area is 182 Å². The number of Topliss-reactive ketones (excluding diaryl/α,β-unsaturated/α-hetero) is 1. The lowest BCUT2D eigenvalue weighted by molar-refractivity contribution is -0.177. The van der Waals surface area contributed by atoms with Gasteiger partial charge in [-0.2, -0.15) is 0 Å². The van der Waals surface area contributed by atoms with Crippen LogP contribution in [0.15, 0.2) is 47.3 Å². The molecule has 8 heteroatoms. The van der Waals surface area contributed by atoms with Gasteiger partial charge in [0, 0.05) is 31.6 Å². The number of carbonyl (C=O) groups is 4. The predicted molar refractivity (Wildman–Crippen MR) is 113 cm³/mol. The number of esters is 2. The van der Waals surface area contributed by atoms with Crippen LogP contribution in [0.3, 0.4) is 0 Å². The van der Waals surface area contributed by atoms with E-state index in [-0.39, 0.29) is 47.2 Å². The standard InChI is InChI=1S/C23H30O8/c1-14(2)18(9-8-17(10-15(3)24)21(26)28-5)13-23(30-7)20(22(27)29-6)12-19(31-23)11-16(4)25/h8,11-12,18H,1,9-10,13H2,2-7H3. The molecule has 0 bridgehead atoms. The van der Waals surface area contributed by atoms with Crippen molar-refractivity contribution < 1.29 is 38.1 Å². The van der Waals surface area contributed by atoms with Gasteiger partial charge in [0.25, 0.3) is 0 Å². The van der Waals surface area contributed by atoms with Gasteiger partial charge in [0.1, 0.15) is 17.1 Å². The zero-order chi connectivity index (χ0) is 23.8. The van der Waals surface area contributed by atoms with Crippen molar-refractivity contribution in [1.29, 1.82) is 0 Å². The van der Waals surface area contributed by atoms with E-state index in [1.54, 1.807) is 13.0 Å². The molecule has 1 aliphatic heterocycles. The number of hydrogen-bond donors (Lipinski definition) is 0. The maximum Gasteiger partial charge on any atom is 0.340 e. The summed E-state index contributed by atoms with van der Waals surface area (Å²) < 4.78 is 21.1. The fourth-order valence-corrected chi connectivity index (χ4v) is 3.20. The van der Waals surface area contributed by atoms with Crippen molar-refractivity contribution in [3.05, 3.63) is 47.3 Å². The Kier molecular flexibility index (Phi) is 9.58. The van der Waals surface area contributed by atoms with E-state index in [0.717, 1.165) is 5.57 Å². The van der Waals surface area contributed by atoms with Crippen LogP contribution in [0.1, 0.15) is 40.0 Å².